The van der Waals surface area contributed by atoms with Crippen LogP contribution in [0, 0.1) is 11.8 Å². The molecule has 330 valence electrons. The van der Waals surface area contributed by atoms with Crippen molar-refractivity contribution in [2.45, 2.75) is 121 Å². The van der Waals surface area contributed by atoms with E-state index in [-0.39, 0.29) is 44.7 Å². The Morgan fingerprint density at radius 3 is 1.59 bits per heavy atom. The number of nitrogens with one attached hydrogen (secondary N) is 6. The van der Waals surface area contributed by atoms with Gasteiger partial charge in [-0.15, -0.1) is 0 Å². The quantitative estimate of drug-likeness (QED) is 0.0190. The molecule has 0 aliphatic carbocycles. The third-order valence-corrected chi connectivity index (χ3v) is 8.77. The van der Waals surface area contributed by atoms with Crippen LogP contribution in [0.5, 0.6) is 0 Å². The fourth-order valence-corrected chi connectivity index (χ4v) is 5.23. The number of nitrogens with zero attached hydrogens (tertiary/aromatic N) is 1. The van der Waals surface area contributed by atoms with Crippen LogP contribution in [0.1, 0.15) is 79.1 Å². The molecular formula is C34H62N12O12. The number of aliphatic imine (C=N–C) groups is 1. The maximum absolute atomic E-state index is 13.7. The van der Waals surface area contributed by atoms with E-state index in [1.807, 2.05) is 0 Å². The lowest BCUT2D eigenvalue weighted by atomic mass is 9.97. The minimum Gasteiger partial charge on any atom is -0.481 e. The van der Waals surface area contributed by atoms with E-state index in [2.05, 4.69) is 36.9 Å². The third-order valence-electron chi connectivity index (χ3n) is 8.77. The number of unbranched alkanes of at least 4 members (excludes halogenated alkanes) is 1. The average molecular weight is 831 g/mol. The Hall–Kier alpha value is -5.62. The third kappa shape index (κ3) is 20.0. The molecule has 19 N–H and O–H groups in total. The van der Waals surface area contributed by atoms with Gasteiger partial charge in [-0.1, -0.05) is 34.1 Å². The molecule has 24 heteroatoms. The van der Waals surface area contributed by atoms with E-state index in [0.717, 1.165) is 0 Å². The van der Waals surface area contributed by atoms with Gasteiger partial charge in [-0.25, -0.2) is 4.79 Å². The highest BCUT2D eigenvalue weighted by Crippen LogP contribution is 2.12. The number of rotatable bonds is 29. The van der Waals surface area contributed by atoms with Crippen molar-refractivity contribution in [1.29, 1.82) is 0 Å². The summed E-state index contributed by atoms with van der Waals surface area (Å²) in [6.07, 6.45) is -0.626. The Labute approximate surface area is 336 Å². The molecule has 0 radical (unpaired) electrons. The molecule has 0 rings (SSSR count). The summed E-state index contributed by atoms with van der Waals surface area (Å²) < 4.78 is 0. The van der Waals surface area contributed by atoms with Gasteiger partial charge in [0.05, 0.1) is 25.5 Å². The Balaban J connectivity index is 6.42. The number of hydrogen-bond donors (Lipinski definition) is 14. The van der Waals surface area contributed by atoms with E-state index >= 15 is 0 Å². The SMILES string of the molecule is CC[C@H](C)[C@H](NC(=O)[C@H](CO)NC(=O)[C@@H](N)CC(N)=O)C(=O)N[C@@H](CCCCN)C(=O)N[C@@H](CC(=O)O)C(=O)N[C@@H](CCCN=C(N)N)C(=O)N[C@H](C(=O)O)C(C)C. The van der Waals surface area contributed by atoms with Gasteiger partial charge >= 0.3 is 11.9 Å². The number of primary amides is 1. The summed E-state index contributed by atoms with van der Waals surface area (Å²) in [4.78, 5) is 118. The van der Waals surface area contributed by atoms with E-state index in [0.29, 0.717) is 12.8 Å². The molecule has 0 aromatic rings. The van der Waals surface area contributed by atoms with Crippen LogP contribution in [0.15, 0.2) is 4.99 Å². The lowest BCUT2D eigenvalue weighted by molar-refractivity contribution is -0.144. The van der Waals surface area contributed by atoms with Crippen LogP contribution in [-0.2, 0) is 43.2 Å². The molecule has 58 heavy (non-hydrogen) atoms. The van der Waals surface area contributed by atoms with Crippen LogP contribution in [0.4, 0.5) is 0 Å². The smallest absolute Gasteiger partial charge is 0.326 e. The second-order valence-corrected chi connectivity index (χ2v) is 14.0. The number of amides is 7. The first kappa shape index (κ1) is 52.4. The molecule has 0 bridgehead atoms. The number of carbonyl (C=O) groups is 9. The van der Waals surface area contributed by atoms with Gasteiger partial charge in [0.2, 0.25) is 41.4 Å². The van der Waals surface area contributed by atoms with Crippen LogP contribution in [0.2, 0.25) is 0 Å². The molecule has 0 saturated heterocycles. The number of aliphatic hydroxyl groups is 1. The molecular weight excluding hydrogens is 768 g/mol. The van der Waals surface area contributed by atoms with Crippen molar-refractivity contribution in [3.05, 3.63) is 0 Å². The minimum absolute atomic E-state index is 0.0203. The van der Waals surface area contributed by atoms with Crippen LogP contribution >= 0.6 is 0 Å². The molecule has 0 aliphatic heterocycles. The van der Waals surface area contributed by atoms with Gasteiger partial charge in [-0.3, -0.25) is 43.3 Å². The minimum atomic E-state index is -1.81. The maximum atomic E-state index is 13.7. The molecule has 0 aromatic carbocycles. The maximum Gasteiger partial charge on any atom is 0.326 e. The molecule has 0 spiro atoms. The second-order valence-electron chi connectivity index (χ2n) is 14.0. The van der Waals surface area contributed by atoms with E-state index < -0.39 is 127 Å². The summed E-state index contributed by atoms with van der Waals surface area (Å²) >= 11 is 0. The summed E-state index contributed by atoms with van der Waals surface area (Å²) in [5, 5.41) is 43.2. The largest absolute Gasteiger partial charge is 0.481 e. The van der Waals surface area contributed by atoms with Gasteiger partial charge in [0, 0.05) is 6.54 Å². The summed E-state index contributed by atoms with van der Waals surface area (Å²) in [5.41, 5.74) is 27.0. The van der Waals surface area contributed by atoms with Crippen LogP contribution in [-0.4, -0.2) is 137 Å². The summed E-state index contributed by atoms with van der Waals surface area (Å²) in [7, 11) is 0. The van der Waals surface area contributed by atoms with Gasteiger partial charge in [-0.2, -0.15) is 0 Å². The average Bonchev–Trinajstić information content (AvgIpc) is 3.13. The number of carboxylic acids is 2. The molecule has 0 saturated carbocycles. The van der Waals surface area contributed by atoms with Crippen molar-refractivity contribution in [3.63, 3.8) is 0 Å². The van der Waals surface area contributed by atoms with Crippen LogP contribution < -0.4 is 60.6 Å². The van der Waals surface area contributed by atoms with Crippen molar-refractivity contribution in [1.82, 2.24) is 31.9 Å². The zero-order valence-electron chi connectivity index (χ0n) is 33.3. The number of nitrogens with two attached hydrogens (primary N) is 5. The van der Waals surface area contributed by atoms with Crippen molar-refractivity contribution in [3.8, 4) is 0 Å². The predicted molar refractivity (Wildman–Crippen MR) is 207 cm³/mol. The molecule has 0 unspecified atom stereocenters. The highest BCUT2D eigenvalue weighted by molar-refractivity contribution is 5.98. The Morgan fingerprint density at radius 2 is 1.10 bits per heavy atom. The zero-order chi connectivity index (χ0) is 44.7. The summed E-state index contributed by atoms with van der Waals surface area (Å²) in [6, 6.07) is -10.4. The Morgan fingerprint density at radius 1 is 0.621 bits per heavy atom. The first-order valence-electron chi connectivity index (χ1n) is 18.8. The number of aliphatic carboxylic acids is 2. The van der Waals surface area contributed by atoms with E-state index in [1.54, 1.807) is 27.7 Å². The van der Waals surface area contributed by atoms with Gasteiger partial charge in [0.25, 0.3) is 0 Å². The Kier molecular flexibility index (Phi) is 24.5. The highest BCUT2D eigenvalue weighted by Gasteiger charge is 2.35. The van der Waals surface area contributed by atoms with Crippen LogP contribution in [0.25, 0.3) is 0 Å². The fraction of sp³-hybridized carbons (Fsp3) is 0.706. The first-order valence-corrected chi connectivity index (χ1v) is 18.8. The molecule has 0 aliphatic rings. The number of carboxylic acid groups (broad SMARTS) is 2. The summed E-state index contributed by atoms with van der Waals surface area (Å²) in [6.45, 7) is 5.69. The monoisotopic (exact) mass is 830 g/mol. The first-order chi connectivity index (χ1) is 27.1. The lowest BCUT2D eigenvalue weighted by Gasteiger charge is -2.29. The van der Waals surface area contributed by atoms with Crippen molar-refractivity contribution < 1.29 is 58.5 Å². The molecule has 24 nitrogen and oxygen atoms in total. The number of guanidine groups is 1. The molecule has 0 fully saturated rings. The number of carbonyl (C=O) groups excluding carboxylic acids is 7. The number of hydrogen-bond acceptors (Lipinski definition) is 13. The van der Waals surface area contributed by atoms with Crippen molar-refractivity contribution in [2.75, 3.05) is 19.7 Å². The number of aliphatic hydroxyl groups excluding tert-OH is 1. The topological polar surface area (TPSA) is 429 Å². The summed E-state index contributed by atoms with van der Waals surface area (Å²) in [5.74, 6) is -11.1. The van der Waals surface area contributed by atoms with Crippen molar-refractivity contribution in [2.24, 2.45) is 45.5 Å². The lowest BCUT2D eigenvalue weighted by Crippen LogP contribution is -2.61. The highest BCUT2D eigenvalue weighted by atomic mass is 16.4. The van der Waals surface area contributed by atoms with Gasteiger partial charge in [-0.05, 0) is 50.5 Å². The fourth-order valence-electron chi connectivity index (χ4n) is 5.23. The normalized spacial score (nSPS) is 15.1. The zero-order valence-corrected chi connectivity index (χ0v) is 33.3. The predicted octanol–water partition coefficient (Wildman–Crippen LogP) is -5.47. The van der Waals surface area contributed by atoms with Gasteiger partial charge in [0.15, 0.2) is 5.96 Å². The van der Waals surface area contributed by atoms with E-state index in [9.17, 15) is 58.5 Å². The Bertz CT molecular complexity index is 1460. The van der Waals surface area contributed by atoms with Crippen molar-refractivity contribution >= 4 is 59.2 Å². The molecule has 8 atom stereocenters. The van der Waals surface area contributed by atoms with E-state index in [1.165, 1.54) is 0 Å². The van der Waals surface area contributed by atoms with Gasteiger partial charge < -0.3 is 75.9 Å². The second kappa shape index (κ2) is 27.1. The molecule has 0 heterocycles. The van der Waals surface area contributed by atoms with Crippen LogP contribution in [0.3, 0.4) is 0 Å². The van der Waals surface area contributed by atoms with Gasteiger partial charge in [0.1, 0.15) is 36.3 Å². The molecule has 0 aromatic heterocycles. The standard InChI is InChI=1S/C34H62N12O12/c1-5-17(4)26(46-31(55)22(15-47)44-27(51)18(36)13-23(37)48)32(56)42-19(9-6-7-11-35)28(52)43-21(14-24(49)50)30(54)41-20(10-8-12-40-34(38)39)29(53)45-25(16(2)3)33(57)58/h16-22,25-26,47H,5-15,35-36H2,1-4H3,(H2,37,48)(H,41,54)(H,42,56)(H,43,52)(H,44,51)(H,45,53)(H,46,55)(H,49,50)(H,57,58)(H4,38,39,40)/t17-,18-,19-,20-,21-,22-,25-,26-/m0/s1. The molecule has 7 amide bonds. The van der Waals surface area contributed by atoms with E-state index in [4.69, 9.17) is 28.7 Å².